The van der Waals surface area contributed by atoms with Gasteiger partial charge in [-0.25, -0.2) is 0 Å². The third-order valence-corrected chi connectivity index (χ3v) is 10.8. The molecule has 2 heteroatoms. The predicted octanol–water partition coefficient (Wildman–Crippen LogP) is 16.1. The Bertz CT molecular complexity index is 4000. The van der Waals surface area contributed by atoms with Gasteiger partial charge in [0.1, 0.15) is 0 Å². The smallest absolute Gasteiger partial charge is 0.0629 e. The fourth-order valence-corrected chi connectivity index (χ4v) is 8.06. The molecule has 0 unspecified atom stereocenters. The molecule has 10 aromatic carbocycles. The second-order valence-corrected chi connectivity index (χ2v) is 14.3. The number of benzene rings is 10. The number of anilines is 3. The fourth-order valence-electron chi connectivity index (χ4n) is 8.06. The highest BCUT2D eigenvalue weighted by Gasteiger charge is 2.18. The van der Waals surface area contributed by atoms with E-state index < -0.39 is 78.6 Å². The van der Waals surface area contributed by atoms with Gasteiger partial charge in [-0.1, -0.05) is 169 Å². The summed E-state index contributed by atoms with van der Waals surface area (Å²) in [5, 5.41) is 4.39. The zero-order valence-corrected chi connectivity index (χ0v) is 31.8. The lowest BCUT2D eigenvalue weighted by Gasteiger charge is -2.27. The van der Waals surface area contributed by atoms with E-state index in [0.717, 1.165) is 49.4 Å². The number of rotatable bonds is 8. The van der Waals surface area contributed by atoms with Gasteiger partial charge in [0.25, 0.3) is 0 Å². The standard InChI is InChI=1S/C58H40N2/c1-5-15-41(16-6-1)44-25-31-51(32-26-44)59(53-38-48(42-17-7-2-8-18-42)37-49(39-53)43-19-9-3-10-20-43)52-33-27-45(28-34-52)47-30-35-56-55(40-47)58-54-24-14-13-21-46(54)29-36-57(58)60(56)50-22-11-4-12-23-50/h1-40H/i1D,2D,3D,5D,6D,7D,8D,9D,10D,15D,16D,17D,18D,19D,20D. The summed E-state index contributed by atoms with van der Waals surface area (Å²) in [6.45, 7) is 0. The summed E-state index contributed by atoms with van der Waals surface area (Å²) in [4.78, 5) is 1.79. The quantitative estimate of drug-likeness (QED) is 0.149. The normalized spacial score (nSPS) is 14.8. The van der Waals surface area contributed by atoms with Gasteiger partial charge < -0.3 is 9.47 Å². The molecule has 0 aliphatic rings. The number of fused-ring (bicyclic) bond motifs is 5. The molecule has 0 aliphatic heterocycles. The molecule has 0 atom stereocenters. The largest absolute Gasteiger partial charge is 0.310 e. The topological polar surface area (TPSA) is 8.17 Å². The van der Waals surface area contributed by atoms with E-state index in [0.29, 0.717) is 22.6 Å². The Labute approximate surface area is 371 Å². The highest BCUT2D eigenvalue weighted by Crippen LogP contribution is 2.42. The van der Waals surface area contributed by atoms with Crippen molar-refractivity contribution in [3.63, 3.8) is 0 Å². The Kier molecular flexibility index (Phi) is 5.75. The second-order valence-electron chi connectivity index (χ2n) is 14.3. The zero-order chi connectivity index (χ0) is 52.9. The number of hydrogen-bond acceptors (Lipinski definition) is 1. The van der Waals surface area contributed by atoms with Gasteiger partial charge in [-0.05, 0) is 128 Å². The highest BCUT2D eigenvalue weighted by molar-refractivity contribution is 6.21. The van der Waals surface area contributed by atoms with Crippen molar-refractivity contribution in [1.82, 2.24) is 4.57 Å². The van der Waals surface area contributed by atoms with E-state index in [1.54, 1.807) is 41.3 Å². The molecule has 1 heterocycles. The van der Waals surface area contributed by atoms with Crippen molar-refractivity contribution < 1.29 is 20.6 Å². The first-order valence-electron chi connectivity index (χ1n) is 26.9. The summed E-state index contributed by atoms with van der Waals surface area (Å²) in [5.74, 6) is 0. The van der Waals surface area contributed by atoms with Crippen LogP contribution in [-0.2, 0) is 0 Å². The van der Waals surface area contributed by atoms with Gasteiger partial charge in [-0.2, -0.15) is 0 Å². The predicted molar refractivity (Wildman–Crippen MR) is 255 cm³/mol. The van der Waals surface area contributed by atoms with Crippen LogP contribution >= 0.6 is 0 Å². The highest BCUT2D eigenvalue weighted by atomic mass is 15.1. The summed E-state index contributed by atoms with van der Waals surface area (Å²) >= 11 is 0. The minimum absolute atomic E-state index is 0.00744. The van der Waals surface area contributed by atoms with Crippen molar-refractivity contribution in [2.75, 3.05) is 4.90 Å². The summed E-state index contributed by atoms with van der Waals surface area (Å²) in [7, 11) is 0. The van der Waals surface area contributed by atoms with Crippen LogP contribution in [0.4, 0.5) is 17.1 Å². The van der Waals surface area contributed by atoms with Crippen LogP contribution in [0.15, 0.2) is 242 Å². The first kappa shape index (κ1) is 22.9. The first-order valence-corrected chi connectivity index (χ1v) is 19.4. The van der Waals surface area contributed by atoms with E-state index >= 15 is 0 Å². The third-order valence-electron chi connectivity index (χ3n) is 10.8. The van der Waals surface area contributed by atoms with Crippen molar-refractivity contribution in [3.8, 4) is 50.2 Å². The Morgan fingerprint density at radius 1 is 0.333 bits per heavy atom. The molecule has 0 saturated heterocycles. The molecular formula is C58H40N2. The molecule has 1 aromatic heterocycles. The van der Waals surface area contributed by atoms with E-state index in [-0.39, 0.29) is 39.9 Å². The average Bonchev–Trinajstić information content (AvgIpc) is 3.82. The van der Waals surface area contributed by atoms with Crippen LogP contribution in [0.25, 0.3) is 82.8 Å². The van der Waals surface area contributed by atoms with Crippen molar-refractivity contribution in [2.45, 2.75) is 0 Å². The SMILES string of the molecule is [2H]c1c([2H])c([2H])c(-c2ccc(N(c3ccc(-c4ccc5c(c4)c4c6ccccc6ccc4n5-c4ccccc4)cc3)c3cc(-c4c([2H])c([2H])c([2H])c([2H])c4[2H])cc(-c4c([2H])c([2H])c([2H])c([2H])c4[2H])c3)cc2)c([2H])c1[2H]. The monoisotopic (exact) mass is 779 g/mol. The molecule has 11 aromatic rings. The van der Waals surface area contributed by atoms with Crippen LogP contribution in [0, 0.1) is 0 Å². The number of para-hydroxylation sites is 1. The Morgan fingerprint density at radius 2 is 0.833 bits per heavy atom. The summed E-state index contributed by atoms with van der Waals surface area (Å²) in [5.41, 5.74) is 6.37. The van der Waals surface area contributed by atoms with E-state index in [1.165, 1.54) is 6.07 Å². The van der Waals surface area contributed by atoms with Crippen molar-refractivity contribution in [3.05, 3.63) is 242 Å². The summed E-state index contributed by atoms with van der Waals surface area (Å²) in [6.07, 6.45) is 0. The van der Waals surface area contributed by atoms with Gasteiger partial charge in [0.2, 0.25) is 0 Å². The van der Waals surface area contributed by atoms with E-state index in [9.17, 15) is 0 Å². The van der Waals surface area contributed by atoms with Crippen molar-refractivity contribution in [1.29, 1.82) is 0 Å². The Morgan fingerprint density at radius 3 is 1.43 bits per heavy atom. The molecule has 282 valence electrons. The van der Waals surface area contributed by atoms with Crippen LogP contribution in [0.1, 0.15) is 20.6 Å². The minimum Gasteiger partial charge on any atom is -0.310 e. The summed E-state index contributed by atoms with van der Waals surface area (Å²) < 4.78 is 131. The molecule has 0 bridgehead atoms. The van der Waals surface area contributed by atoms with Gasteiger partial charge in [0, 0.05) is 33.5 Å². The van der Waals surface area contributed by atoms with Crippen LogP contribution in [-0.4, -0.2) is 4.57 Å². The van der Waals surface area contributed by atoms with Crippen LogP contribution in [0.3, 0.4) is 0 Å². The molecule has 0 fully saturated rings. The lowest BCUT2D eigenvalue weighted by molar-refractivity contribution is 1.18. The molecule has 0 spiro atoms. The fraction of sp³-hybridized carbons (Fsp3) is 0. The van der Waals surface area contributed by atoms with E-state index in [2.05, 4.69) is 59.2 Å². The lowest BCUT2D eigenvalue weighted by Crippen LogP contribution is -2.10. The average molecular weight is 780 g/mol. The van der Waals surface area contributed by atoms with Crippen LogP contribution < -0.4 is 4.90 Å². The van der Waals surface area contributed by atoms with Gasteiger partial charge in [0.15, 0.2) is 0 Å². The van der Waals surface area contributed by atoms with Gasteiger partial charge >= 0.3 is 0 Å². The second kappa shape index (κ2) is 15.1. The zero-order valence-electron chi connectivity index (χ0n) is 46.8. The van der Waals surface area contributed by atoms with Crippen molar-refractivity contribution >= 4 is 49.6 Å². The molecule has 0 saturated carbocycles. The summed E-state index contributed by atoms with van der Waals surface area (Å²) in [6, 6.07) is 40.2. The molecule has 2 nitrogen and oxygen atoms in total. The third kappa shape index (κ3) is 6.41. The van der Waals surface area contributed by atoms with E-state index in [4.69, 9.17) is 20.6 Å². The molecular weight excluding hydrogens is 725 g/mol. The van der Waals surface area contributed by atoms with Gasteiger partial charge in [-0.3, -0.25) is 0 Å². The van der Waals surface area contributed by atoms with Crippen LogP contribution in [0.2, 0.25) is 0 Å². The van der Waals surface area contributed by atoms with E-state index in [1.807, 2.05) is 54.6 Å². The van der Waals surface area contributed by atoms with Gasteiger partial charge in [-0.15, -0.1) is 0 Å². The lowest BCUT2D eigenvalue weighted by atomic mass is 9.97. The molecule has 60 heavy (non-hydrogen) atoms. The molecule has 0 N–H and O–H groups in total. The Hall–Kier alpha value is -7.94. The number of aromatic nitrogens is 1. The van der Waals surface area contributed by atoms with Crippen molar-refractivity contribution in [2.24, 2.45) is 0 Å². The minimum atomic E-state index is -0.605. The van der Waals surface area contributed by atoms with Gasteiger partial charge in [0.05, 0.1) is 31.6 Å². The molecule has 0 amide bonds. The maximum absolute atomic E-state index is 8.99. The molecule has 0 radical (unpaired) electrons. The maximum atomic E-state index is 8.99. The molecule has 11 rings (SSSR count). The number of hydrogen-bond donors (Lipinski definition) is 0. The Balaban J connectivity index is 1.13. The maximum Gasteiger partial charge on any atom is 0.0629 e. The van der Waals surface area contributed by atoms with Crippen LogP contribution in [0.5, 0.6) is 0 Å². The molecule has 0 aliphatic carbocycles. The first-order chi connectivity index (χ1) is 36.0. The number of nitrogens with zero attached hydrogens (tertiary/aromatic N) is 2.